The number of pyridine rings is 1. The highest BCUT2D eigenvalue weighted by atomic mass is 35.5. The van der Waals surface area contributed by atoms with Crippen LogP contribution in [0.25, 0.3) is 11.7 Å². The number of hydrogen-bond donors (Lipinski definition) is 0. The molecule has 3 aromatic rings. The molecule has 152 valence electrons. The van der Waals surface area contributed by atoms with Gasteiger partial charge in [0, 0.05) is 30.4 Å². The van der Waals surface area contributed by atoms with Crippen LogP contribution in [0.4, 0.5) is 0 Å². The van der Waals surface area contributed by atoms with E-state index in [0.29, 0.717) is 34.5 Å². The Labute approximate surface area is 173 Å². The molecule has 0 aliphatic rings. The van der Waals surface area contributed by atoms with E-state index >= 15 is 0 Å². The molecule has 8 heteroatoms. The summed E-state index contributed by atoms with van der Waals surface area (Å²) in [5.74, 6) is -0.154. The molecule has 3 heterocycles. The van der Waals surface area contributed by atoms with Crippen molar-refractivity contribution in [1.82, 2.24) is 19.2 Å². The molecular formula is C21H23ClN4O3. The predicted molar refractivity (Wildman–Crippen MR) is 112 cm³/mol. The minimum absolute atomic E-state index is 0.0951. The molecule has 7 nitrogen and oxygen atoms in total. The van der Waals surface area contributed by atoms with Gasteiger partial charge in [0.25, 0.3) is 5.56 Å². The zero-order chi connectivity index (χ0) is 21.1. The Balaban J connectivity index is 1.69. The van der Waals surface area contributed by atoms with E-state index in [1.165, 1.54) is 16.5 Å². The molecule has 0 saturated carbocycles. The Morgan fingerprint density at radius 3 is 2.79 bits per heavy atom. The maximum absolute atomic E-state index is 12.2. The van der Waals surface area contributed by atoms with Crippen LogP contribution in [0, 0.1) is 19.8 Å². The fourth-order valence-electron chi connectivity index (χ4n) is 2.90. The van der Waals surface area contributed by atoms with Crippen LogP contribution >= 0.6 is 11.6 Å². The van der Waals surface area contributed by atoms with Gasteiger partial charge in [0.15, 0.2) is 0 Å². The number of esters is 1. The summed E-state index contributed by atoms with van der Waals surface area (Å²) in [5, 5.41) is 4.89. The van der Waals surface area contributed by atoms with Gasteiger partial charge < -0.3 is 4.74 Å². The van der Waals surface area contributed by atoms with Crippen LogP contribution in [0.2, 0.25) is 5.15 Å². The fourth-order valence-corrected chi connectivity index (χ4v) is 3.21. The van der Waals surface area contributed by atoms with E-state index in [1.807, 2.05) is 19.9 Å². The number of carbonyl (C=O) groups is 1. The first-order valence-electron chi connectivity index (χ1n) is 9.31. The van der Waals surface area contributed by atoms with Gasteiger partial charge in [-0.1, -0.05) is 31.5 Å². The Bertz CT molecular complexity index is 1140. The number of fused-ring (bicyclic) bond motifs is 1. The first kappa shape index (κ1) is 20.8. The Hall–Kier alpha value is -2.93. The lowest BCUT2D eigenvalue weighted by Gasteiger charge is -2.06. The number of hydrogen-bond acceptors (Lipinski definition) is 5. The zero-order valence-electron chi connectivity index (χ0n) is 16.8. The topological polar surface area (TPSA) is 78.5 Å². The van der Waals surface area contributed by atoms with Crippen LogP contribution in [0.5, 0.6) is 0 Å². The molecule has 3 rings (SSSR count). The second-order valence-corrected chi connectivity index (χ2v) is 7.69. The van der Waals surface area contributed by atoms with Gasteiger partial charge in [0.1, 0.15) is 17.4 Å². The molecule has 0 aliphatic carbocycles. The van der Waals surface area contributed by atoms with Crippen molar-refractivity contribution in [2.75, 3.05) is 0 Å². The maximum Gasteiger partial charge on any atom is 0.331 e. The Morgan fingerprint density at radius 2 is 2.07 bits per heavy atom. The number of carbonyl (C=O) groups excluding carboxylic acids is 1. The summed E-state index contributed by atoms with van der Waals surface area (Å²) in [6.07, 6.45) is 4.61. The van der Waals surface area contributed by atoms with Crippen molar-refractivity contribution in [3.63, 3.8) is 0 Å². The van der Waals surface area contributed by atoms with Gasteiger partial charge >= 0.3 is 5.97 Å². The van der Waals surface area contributed by atoms with Gasteiger partial charge in [0.2, 0.25) is 0 Å². The predicted octanol–water partition coefficient (Wildman–Crippen LogP) is 3.57. The third kappa shape index (κ3) is 4.92. The molecular weight excluding hydrogens is 392 g/mol. The van der Waals surface area contributed by atoms with Gasteiger partial charge in [-0.05, 0) is 37.5 Å². The molecule has 0 radical (unpaired) electrons. The van der Waals surface area contributed by atoms with Crippen molar-refractivity contribution in [2.45, 2.75) is 40.8 Å². The highest BCUT2D eigenvalue weighted by molar-refractivity contribution is 6.31. The molecule has 0 bridgehead atoms. The number of halogens is 1. The summed E-state index contributed by atoms with van der Waals surface area (Å²) in [6.45, 7) is 8.49. The largest absolute Gasteiger partial charge is 0.456 e. The lowest BCUT2D eigenvalue weighted by Crippen LogP contribution is -2.16. The van der Waals surface area contributed by atoms with E-state index in [-0.39, 0.29) is 12.2 Å². The van der Waals surface area contributed by atoms with Crippen molar-refractivity contribution < 1.29 is 9.53 Å². The molecule has 0 unspecified atom stereocenters. The van der Waals surface area contributed by atoms with Crippen molar-refractivity contribution in [1.29, 1.82) is 0 Å². The molecule has 0 saturated heterocycles. The first-order chi connectivity index (χ1) is 13.7. The average molecular weight is 415 g/mol. The van der Waals surface area contributed by atoms with Crippen LogP contribution in [0.3, 0.4) is 0 Å². The van der Waals surface area contributed by atoms with E-state index in [9.17, 15) is 9.59 Å². The van der Waals surface area contributed by atoms with Crippen LogP contribution in [0.1, 0.15) is 36.4 Å². The lowest BCUT2D eigenvalue weighted by atomic mass is 10.2. The van der Waals surface area contributed by atoms with Crippen LogP contribution in [-0.2, 0) is 22.7 Å². The molecule has 0 amide bonds. The smallest absolute Gasteiger partial charge is 0.331 e. The quantitative estimate of drug-likeness (QED) is 0.455. The first-order valence-corrected chi connectivity index (χ1v) is 9.69. The minimum Gasteiger partial charge on any atom is -0.456 e. The summed E-state index contributed by atoms with van der Waals surface area (Å²) in [7, 11) is 0. The maximum atomic E-state index is 12.2. The molecule has 0 aliphatic heterocycles. The van der Waals surface area contributed by atoms with Gasteiger partial charge in [-0.3, -0.25) is 13.9 Å². The summed E-state index contributed by atoms with van der Waals surface area (Å²) in [4.78, 5) is 28.7. The second kappa shape index (κ2) is 8.61. The van der Waals surface area contributed by atoms with Crippen molar-refractivity contribution >= 4 is 29.3 Å². The Morgan fingerprint density at radius 1 is 1.31 bits per heavy atom. The third-order valence-electron chi connectivity index (χ3n) is 4.26. The monoisotopic (exact) mass is 414 g/mol. The van der Waals surface area contributed by atoms with Gasteiger partial charge in [-0.25, -0.2) is 9.78 Å². The highest BCUT2D eigenvalue weighted by Crippen LogP contribution is 2.22. The van der Waals surface area contributed by atoms with Gasteiger partial charge in [-0.15, -0.1) is 0 Å². The molecule has 0 aromatic carbocycles. The molecule has 0 atom stereocenters. The Kier molecular flexibility index (Phi) is 6.17. The molecule has 29 heavy (non-hydrogen) atoms. The average Bonchev–Trinajstić information content (AvgIpc) is 2.91. The molecule has 0 fully saturated rings. The standard InChI is InChI=1S/C21H23ClN4O3/c1-13(2)10-26-21(22)17(15(4)24-26)6-8-20(28)29-12-16-9-19(27)25-11-14(3)5-7-18(25)23-16/h5-9,11,13H,10,12H2,1-4H3/b8-6+. The molecule has 0 N–H and O–H groups in total. The van der Waals surface area contributed by atoms with E-state index in [2.05, 4.69) is 23.9 Å². The normalized spacial score (nSPS) is 11.7. The molecule has 0 spiro atoms. The lowest BCUT2D eigenvalue weighted by molar-refractivity contribution is -0.139. The van der Waals surface area contributed by atoms with Crippen molar-refractivity contribution in [3.8, 4) is 0 Å². The van der Waals surface area contributed by atoms with Crippen molar-refractivity contribution in [3.05, 3.63) is 68.5 Å². The number of ether oxygens (including phenoxy) is 1. The number of aryl methyl sites for hydroxylation is 2. The molecule has 3 aromatic heterocycles. The SMILES string of the molecule is Cc1ccc2nc(COC(=O)/C=C/c3c(C)nn(CC(C)C)c3Cl)cc(=O)n2c1. The summed E-state index contributed by atoms with van der Waals surface area (Å²) in [5.41, 5.74) is 3.04. The third-order valence-corrected chi connectivity index (χ3v) is 4.66. The van der Waals surface area contributed by atoms with E-state index in [1.54, 1.807) is 23.0 Å². The van der Waals surface area contributed by atoms with Crippen LogP contribution in [0.15, 0.2) is 35.3 Å². The van der Waals surface area contributed by atoms with Crippen LogP contribution < -0.4 is 5.56 Å². The number of nitrogens with zero attached hydrogens (tertiary/aromatic N) is 4. The fraction of sp³-hybridized carbons (Fsp3) is 0.333. The second-order valence-electron chi connectivity index (χ2n) is 7.33. The zero-order valence-corrected chi connectivity index (χ0v) is 17.6. The van der Waals surface area contributed by atoms with E-state index < -0.39 is 5.97 Å². The minimum atomic E-state index is -0.553. The summed E-state index contributed by atoms with van der Waals surface area (Å²) >= 11 is 6.36. The van der Waals surface area contributed by atoms with Crippen molar-refractivity contribution in [2.24, 2.45) is 5.92 Å². The van der Waals surface area contributed by atoms with Crippen LogP contribution in [-0.4, -0.2) is 25.1 Å². The summed E-state index contributed by atoms with van der Waals surface area (Å²) in [6, 6.07) is 4.98. The van der Waals surface area contributed by atoms with E-state index in [4.69, 9.17) is 16.3 Å². The van der Waals surface area contributed by atoms with E-state index in [0.717, 1.165) is 11.3 Å². The van der Waals surface area contributed by atoms with Gasteiger partial charge in [-0.2, -0.15) is 5.10 Å². The highest BCUT2D eigenvalue weighted by Gasteiger charge is 2.12. The number of aromatic nitrogens is 4. The van der Waals surface area contributed by atoms with Gasteiger partial charge in [0.05, 0.1) is 11.4 Å². The number of rotatable bonds is 6. The summed E-state index contributed by atoms with van der Waals surface area (Å²) < 4.78 is 8.40.